The zero-order valence-corrected chi connectivity index (χ0v) is 10.5. The maximum absolute atomic E-state index is 11.2. The van der Waals surface area contributed by atoms with Crippen molar-refractivity contribution in [1.29, 1.82) is 0 Å². The zero-order chi connectivity index (χ0) is 11.3. The molecule has 0 aromatic heterocycles. The SMILES string of the molecule is CCC(C)SCCC(NC1CC1)C(N)=O. The monoisotopic (exact) mass is 230 g/mol. The van der Waals surface area contributed by atoms with E-state index >= 15 is 0 Å². The van der Waals surface area contributed by atoms with Crippen molar-refractivity contribution in [2.24, 2.45) is 5.73 Å². The van der Waals surface area contributed by atoms with Gasteiger partial charge in [-0.25, -0.2) is 0 Å². The van der Waals surface area contributed by atoms with Crippen molar-refractivity contribution < 1.29 is 4.79 Å². The Balaban J connectivity index is 2.15. The summed E-state index contributed by atoms with van der Waals surface area (Å²) in [7, 11) is 0. The van der Waals surface area contributed by atoms with E-state index in [2.05, 4.69) is 19.2 Å². The molecular weight excluding hydrogens is 208 g/mol. The maximum atomic E-state index is 11.2. The summed E-state index contributed by atoms with van der Waals surface area (Å²) in [4.78, 5) is 11.2. The largest absolute Gasteiger partial charge is 0.368 e. The van der Waals surface area contributed by atoms with Gasteiger partial charge in [-0.3, -0.25) is 4.79 Å². The molecule has 0 aromatic carbocycles. The van der Waals surface area contributed by atoms with E-state index in [0.29, 0.717) is 11.3 Å². The van der Waals surface area contributed by atoms with Crippen LogP contribution in [0, 0.1) is 0 Å². The van der Waals surface area contributed by atoms with Crippen LogP contribution < -0.4 is 11.1 Å². The highest BCUT2D eigenvalue weighted by Gasteiger charge is 2.26. The molecule has 0 spiro atoms. The number of carbonyl (C=O) groups excluding carboxylic acids is 1. The molecule has 88 valence electrons. The molecule has 1 aliphatic carbocycles. The summed E-state index contributed by atoms with van der Waals surface area (Å²) < 4.78 is 0. The first-order chi connectivity index (χ1) is 7.13. The van der Waals surface area contributed by atoms with Gasteiger partial charge in [0.15, 0.2) is 0 Å². The predicted molar refractivity (Wildman–Crippen MR) is 66.0 cm³/mol. The number of carbonyl (C=O) groups is 1. The van der Waals surface area contributed by atoms with Crippen LogP contribution in [0.1, 0.15) is 39.5 Å². The second-order valence-electron chi connectivity index (χ2n) is 4.27. The summed E-state index contributed by atoms with van der Waals surface area (Å²) in [5.41, 5.74) is 5.35. The fourth-order valence-corrected chi connectivity index (χ4v) is 2.36. The van der Waals surface area contributed by atoms with E-state index in [1.54, 1.807) is 0 Å². The predicted octanol–water partition coefficient (Wildman–Crippen LogP) is 1.51. The van der Waals surface area contributed by atoms with E-state index in [4.69, 9.17) is 5.73 Å². The molecule has 3 N–H and O–H groups in total. The topological polar surface area (TPSA) is 55.1 Å². The Morgan fingerprint density at radius 1 is 1.60 bits per heavy atom. The Bertz CT molecular complexity index is 207. The Morgan fingerprint density at radius 3 is 2.73 bits per heavy atom. The fraction of sp³-hybridized carbons (Fsp3) is 0.909. The minimum absolute atomic E-state index is 0.117. The summed E-state index contributed by atoms with van der Waals surface area (Å²) in [5.74, 6) is 0.814. The molecule has 2 unspecified atom stereocenters. The molecule has 0 aromatic rings. The van der Waals surface area contributed by atoms with Crippen molar-refractivity contribution in [2.75, 3.05) is 5.75 Å². The highest BCUT2D eigenvalue weighted by Crippen LogP contribution is 2.21. The van der Waals surface area contributed by atoms with Crippen LogP contribution in [0.3, 0.4) is 0 Å². The van der Waals surface area contributed by atoms with Crippen molar-refractivity contribution in [1.82, 2.24) is 5.32 Å². The average Bonchev–Trinajstić information content (AvgIpc) is 2.99. The van der Waals surface area contributed by atoms with Crippen LogP contribution in [0.5, 0.6) is 0 Å². The highest BCUT2D eigenvalue weighted by molar-refractivity contribution is 7.99. The number of nitrogens with one attached hydrogen (secondary N) is 1. The third-order valence-electron chi connectivity index (χ3n) is 2.74. The smallest absolute Gasteiger partial charge is 0.234 e. The van der Waals surface area contributed by atoms with Crippen molar-refractivity contribution in [3.05, 3.63) is 0 Å². The van der Waals surface area contributed by atoms with Crippen molar-refractivity contribution in [3.63, 3.8) is 0 Å². The van der Waals surface area contributed by atoms with E-state index in [1.807, 2.05) is 11.8 Å². The molecule has 2 atom stereocenters. The summed E-state index contributed by atoms with van der Waals surface area (Å²) in [6, 6.07) is 0.435. The summed E-state index contributed by atoms with van der Waals surface area (Å²) in [6.07, 6.45) is 4.44. The molecule has 1 rings (SSSR count). The Morgan fingerprint density at radius 2 is 2.27 bits per heavy atom. The first kappa shape index (κ1) is 12.8. The molecule has 0 radical (unpaired) electrons. The van der Waals surface area contributed by atoms with Gasteiger partial charge in [-0.15, -0.1) is 0 Å². The molecule has 3 nitrogen and oxygen atoms in total. The normalized spacial score (nSPS) is 19.9. The lowest BCUT2D eigenvalue weighted by atomic mass is 10.2. The molecule has 4 heteroatoms. The number of hydrogen-bond acceptors (Lipinski definition) is 3. The number of hydrogen-bond donors (Lipinski definition) is 2. The van der Waals surface area contributed by atoms with Crippen molar-refractivity contribution in [3.8, 4) is 0 Å². The molecule has 1 amide bonds. The van der Waals surface area contributed by atoms with Gasteiger partial charge >= 0.3 is 0 Å². The van der Waals surface area contributed by atoms with E-state index in [1.165, 1.54) is 19.3 Å². The van der Waals surface area contributed by atoms with E-state index < -0.39 is 0 Å². The minimum atomic E-state index is -0.202. The number of nitrogens with two attached hydrogens (primary N) is 1. The lowest BCUT2D eigenvalue weighted by molar-refractivity contribution is -0.120. The maximum Gasteiger partial charge on any atom is 0.234 e. The molecule has 0 saturated heterocycles. The first-order valence-corrected chi connectivity index (χ1v) is 6.85. The number of thioether (sulfide) groups is 1. The second kappa shape index (κ2) is 6.38. The lowest BCUT2D eigenvalue weighted by Crippen LogP contribution is -2.42. The number of rotatable bonds is 8. The molecule has 1 saturated carbocycles. The van der Waals surface area contributed by atoms with E-state index in [9.17, 15) is 4.79 Å². The van der Waals surface area contributed by atoms with Gasteiger partial charge in [-0.05, 0) is 31.4 Å². The average molecular weight is 230 g/mol. The summed E-state index contributed by atoms with van der Waals surface area (Å²) in [5, 5.41) is 3.97. The lowest BCUT2D eigenvalue weighted by Gasteiger charge is -2.15. The van der Waals surface area contributed by atoms with Crippen LogP contribution in [-0.2, 0) is 4.79 Å². The highest BCUT2D eigenvalue weighted by atomic mass is 32.2. The van der Waals surface area contributed by atoms with Gasteiger partial charge in [0.2, 0.25) is 5.91 Å². The molecule has 0 aliphatic heterocycles. The Hall–Kier alpha value is -0.220. The summed E-state index contributed by atoms with van der Waals surface area (Å²) >= 11 is 1.92. The minimum Gasteiger partial charge on any atom is -0.368 e. The number of primary amides is 1. The van der Waals surface area contributed by atoms with Crippen LogP contribution in [-0.4, -0.2) is 29.0 Å². The fourth-order valence-electron chi connectivity index (χ4n) is 1.35. The third-order valence-corrected chi connectivity index (χ3v) is 4.12. The Kier molecular flexibility index (Phi) is 5.47. The summed E-state index contributed by atoms with van der Waals surface area (Å²) in [6.45, 7) is 4.41. The van der Waals surface area contributed by atoms with Crippen molar-refractivity contribution in [2.45, 2.75) is 56.9 Å². The van der Waals surface area contributed by atoms with Gasteiger partial charge in [0.25, 0.3) is 0 Å². The van der Waals surface area contributed by atoms with Gasteiger partial charge in [0.1, 0.15) is 0 Å². The molecule has 0 bridgehead atoms. The van der Waals surface area contributed by atoms with Gasteiger partial charge in [0, 0.05) is 11.3 Å². The van der Waals surface area contributed by atoms with Crippen LogP contribution in [0.15, 0.2) is 0 Å². The third kappa shape index (κ3) is 5.42. The zero-order valence-electron chi connectivity index (χ0n) is 9.66. The first-order valence-electron chi connectivity index (χ1n) is 5.80. The van der Waals surface area contributed by atoms with Crippen LogP contribution in [0.4, 0.5) is 0 Å². The van der Waals surface area contributed by atoms with Crippen LogP contribution >= 0.6 is 11.8 Å². The molecule has 0 heterocycles. The quantitative estimate of drug-likeness (QED) is 0.664. The van der Waals surface area contributed by atoms with Crippen molar-refractivity contribution >= 4 is 17.7 Å². The van der Waals surface area contributed by atoms with Gasteiger partial charge < -0.3 is 11.1 Å². The standard InChI is InChI=1S/C11H22N2OS/c1-3-8(2)15-7-6-10(11(12)14)13-9-4-5-9/h8-10,13H,3-7H2,1-2H3,(H2,12,14). The van der Waals surface area contributed by atoms with E-state index in [0.717, 1.165) is 12.2 Å². The van der Waals surface area contributed by atoms with Gasteiger partial charge in [-0.1, -0.05) is 13.8 Å². The van der Waals surface area contributed by atoms with Crippen LogP contribution in [0.25, 0.3) is 0 Å². The molecule has 15 heavy (non-hydrogen) atoms. The number of amides is 1. The molecular formula is C11H22N2OS. The van der Waals surface area contributed by atoms with E-state index in [-0.39, 0.29) is 11.9 Å². The molecule has 1 aliphatic rings. The van der Waals surface area contributed by atoms with Gasteiger partial charge in [0.05, 0.1) is 6.04 Å². The van der Waals surface area contributed by atoms with Gasteiger partial charge in [-0.2, -0.15) is 11.8 Å². The second-order valence-corrected chi connectivity index (χ2v) is 5.82. The Labute approximate surface area is 96.6 Å². The van der Waals surface area contributed by atoms with Crippen LogP contribution in [0.2, 0.25) is 0 Å². The molecule has 1 fully saturated rings.